The minimum atomic E-state index is 0.655. The molecule has 0 aliphatic carbocycles. The van der Waals surface area contributed by atoms with Crippen LogP contribution in [0.25, 0.3) is 76.9 Å². The lowest BCUT2D eigenvalue weighted by Gasteiger charge is -2.13. The lowest BCUT2D eigenvalue weighted by molar-refractivity contribution is 0.663. The number of rotatable bonds is 2. The van der Waals surface area contributed by atoms with E-state index < -0.39 is 0 Å². The van der Waals surface area contributed by atoms with E-state index in [1.165, 1.54) is 0 Å². The highest BCUT2D eigenvalue weighted by atomic mass is 16.3. The first-order valence-electron chi connectivity index (χ1n) is 12.6. The summed E-state index contributed by atoms with van der Waals surface area (Å²) >= 11 is 0. The molecule has 3 nitrogen and oxygen atoms in total. The molecule has 6 aromatic carbocycles. The SMILES string of the molecule is N#Cc1ccc(-c2ccc(-c3cc4c5ccccc5oc4c4c3oc3ccccc34)c3ccccc23)cc1. The molecule has 0 spiro atoms. The Kier molecular flexibility index (Phi) is 4.29. The van der Waals surface area contributed by atoms with Crippen molar-refractivity contribution in [2.45, 2.75) is 0 Å². The summed E-state index contributed by atoms with van der Waals surface area (Å²) < 4.78 is 13.0. The van der Waals surface area contributed by atoms with E-state index in [0.717, 1.165) is 76.9 Å². The second kappa shape index (κ2) is 7.83. The molecule has 8 rings (SSSR count). The predicted molar refractivity (Wildman–Crippen MR) is 154 cm³/mol. The maximum absolute atomic E-state index is 9.23. The largest absolute Gasteiger partial charge is 0.455 e. The fourth-order valence-electron chi connectivity index (χ4n) is 5.77. The second-order valence-corrected chi connectivity index (χ2v) is 9.60. The van der Waals surface area contributed by atoms with Crippen LogP contribution in [-0.4, -0.2) is 0 Å². The summed E-state index contributed by atoms with van der Waals surface area (Å²) in [5.74, 6) is 0. The summed E-state index contributed by atoms with van der Waals surface area (Å²) in [6.45, 7) is 0. The van der Waals surface area contributed by atoms with E-state index in [2.05, 4.69) is 66.7 Å². The number of hydrogen-bond acceptors (Lipinski definition) is 3. The van der Waals surface area contributed by atoms with Crippen LogP contribution in [0.3, 0.4) is 0 Å². The molecule has 2 aromatic heterocycles. The molecule has 0 amide bonds. The van der Waals surface area contributed by atoms with Gasteiger partial charge in [0.1, 0.15) is 22.3 Å². The van der Waals surface area contributed by atoms with Crippen LogP contribution in [-0.2, 0) is 0 Å². The topological polar surface area (TPSA) is 50.1 Å². The highest BCUT2D eigenvalue weighted by Gasteiger charge is 2.21. The van der Waals surface area contributed by atoms with Gasteiger partial charge in [-0.1, -0.05) is 84.9 Å². The Labute approximate surface area is 217 Å². The van der Waals surface area contributed by atoms with Crippen LogP contribution >= 0.6 is 0 Å². The van der Waals surface area contributed by atoms with E-state index in [1.807, 2.05) is 54.6 Å². The maximum atomic E-state index is 9.23. The molecule has 0 aliphatic heterocycles. The number of benzene rings is 6. The third kappa shape index (κ3) is 2.89. The van der Waals surface area contributed by atoms with Gasteiger partial charge in [-0.25, -0.2) is 0 Å². The van der Waals surface area contributed by atoms with Gasteiger partial charge in [-0.15, -0.1) is 0 Å². The third-order valence-electron chi connectivity index (χ3n) is 7.53. The predicted octanol–water partition coefficient (Wildman–Crippen LogP) is 9.84. The lowest BCUT2D eigenvalue weighted by Crippen LogP contribution is -1.87. The summed E-state index contributed by atoms with van der Waals surface area (Å²) in [6, 6.07) is 41.4. The molecule has 0 saturated carbocycles. The quantitative estimate of drug-likeness (QED) is 0.245. The van der Waals surface area contributed by atoms with Gasteiger partial charge >= 0.3 is 0 Å². The molecule has 0 bridgehead atoms. The van der Waals surface area contributed by atoms with Crippen molar-refractivity contribution < 1.29 is 8.83 Å². The van der Waals surface area contributed by atoms with Gasteiger partial charge in [0.05, 0.1) is 17.0 Å². The zero-order valence-electron chi connectivity index (χ0n) is 20.2. The van der Waals surface area contributed by atoms with Gasteiger partial charge in [-0.2, -0.15) is 5.26 Å². The van der Waals surface area contributed by atoms with Gasteiger partial charge in [-0.05, 0) is 57.8 Å². The minimum Gasteiger partial charge on any atom is -0.455 e. The number of fused-ring (bicyclic) bond motifs is 8. The Bertz CT molecular complexity index is 2240. The van der Waals surface area contributed by atoms with E-state index in [1.54, 1.807) is 0 Å². The number of nitriles is 1. The smallest absolute Gasteiger partial charge is 0.147 e. The van der Waals surface area contributed by atoms with Crippen molar-refractivity contribution in [1.29, 1.82) is 5.26 Å². The molecular weight excluding hydrogens is 466 g/mol. The van der Waals surface area contributed by atoms with Crippen molar-refractivity contribution >= 4 is 54.6 Å². The Balaban J connectivity index is 1.49. The lowest BCUT2D eigenvalue weighted by atomic mass is 9.90. The van der Waals surface area contributed by atoms with Gasteiger partial charge in [0, 0.05) is 21.7 Å². The van der Waals surface area contributed by atoms with Crippen molar-refractivity contribution in [3.05, 3.63) is 121 Å². The summed E-state index contributed by atoms with van der Waals surface area (Å²) in [5.41, 5.74) is 8.40. The molecular formula is C35H19NO2. The molecule has 2 heterocycles. The van der Waals surface area contributed by atoms with Crippen LogP contribution in [0.5, 0.6) is 0 Å². The highest BCUT2D eigenvalue weighted by Crippen LogP contribution is 2.46. The average molecular weight is 486 g/mol. The highest BCUT2D eigenvalue weighted by molar-refractivity contribution is 6.26. The van der Waals surface area contributed by atoms with Gasteiger partial charge in [0.15, 0.2) is 0 Å². The molecule has 38 heavy (non-hydrogen) atoms. The molecule has 0 saturated heterocycles. The average Bonchev–Trinajstić information content (AvgIpc) is 3.55. The molecule has 8 aromatic rings. The Morgan fingerprint density at radius 2 is 1.05 bits per heavy atom. The van der Waals surface area contributed by atoms with Crippen LogP contribution in [0, 0.1) is 11.3 Å². The molecule has 176 valence electrons. The number of hydrogen-bond donors (Lipinski definition) is 0. The van der Waals surface area contributed by atoms with E-state index in [0.29, 0.717) is 5.56 Å². The fourth-order valence-corrected chi connectivity index (χ4v) is 5.77. The monoisotopic (exact) mass is 485 g/mol. The van der Waals surface area contributed by atoms with Gasteiger partial charge in [0.2, 0.25) is 0 Å². The summed E-state index contributed by atoms with van der Waals surface area (Å²) in [7, 11) is 0. The first-order chi connectivity index (χ1) is 18.8. The Hall–Kier alpha value is -5.33. The van der Waals surface area contributed by atoms with Crippen LogP contribution < -0.4 is 0 Å². The van der Waals surface area contributed by atoms with Crippen molar-refractivity contribution in [2.24, 2.45) is 0 Å². The molecule has 3 heteroatoms. The van der Waals surface area contributed by atoms with Crippen LogP contribution in [0.4, 0.5) is 0 Å². The molecule has 0 aliphatic rings. The molecule has 0 unspecified atom stereocenters. The number of para-hydroxylation sites is 2. The Morgan fingerprint density at radius 3 is 1.79 bits per heavy atom. The van der Waals surface area contributed by atoms with Crippen LogP contribution in [0.2, 0.25) is 0 Å². The molecule has 0 atom stereocenters. The molecule has 0 radical (unpaired) electrons. The van der Waals surface area contributed by atoms with E-state index >= 15 is 0 Å². The third-order valence-corrected chi connectivity index (χ3v) is 7.53. The van der Waals surface area contributed by atoms with E-state index in [9.17, 15) is 5.26 Å². The zero-order valence-corrected chi connectivity index (χ0v) is 20.2. The molecule has 0 N–H and O–H groups in total. The van der Waals surface area contributed by atoms with Gasteiger partial charge in [-0.3, -0.25) is 0 Å². The van der Waals surface area contributed by atoms with Crippen molar-refractivity contribution in [3.8, 4) is 28.3 Å². The summed E-state index contributed by atoms with van der Waals surface area (Å²) in [5, 5.41) is 15.7. The summed E-state index contributed by atoms with van der Waals surface area (Å²) in [6.07, 6.45) is 0. The molecule has 0 fully saturated rings. The van der Waals surface area contributed by atoms with Crippen molar-refractivity contribution in [2.75, 3.05) is 0 Å². The van der Waals surface area contributed by atoms with Crippen molar-refractivity contribution in [1.82, 2.24) is 0 Å². The zero-order chi connectivity index (χ0) is 25.2. The standard InChI is InChI=1S/C35H19NO2/c36-20-21-13-15-22(16-14-21)23-17-18-26(25-8-2-1-7-24(23)25)29-19-30-27-9-3-5-11-31(27)37-35(30)33-28-10-4-6-12-32(28)38-34(29)33/h1-19H. The fraction of sp³-hybridized carbons (Fsp3) is 0. The normalized spacial score (nSPS) is 11.7. The first-order valence-corrected chi connectivity index (χ1v) is 12.6. The van der Waals surface area contributed by atoms with Crippen molar-refractivity contribution in [3.63, 3.8) is 0 Å². The van der Waals surface area contributed by atoms with Crippen LogP contribution in [0.1, 0.15) is 5.56 Å². The van der Waals surface area contributed by atoms with E-state index in [4.69, 9.17) is 8.83 Å². The van der Waals surface area contributed by atoms with Gasteiger partial charge in [0.25, 0.3) is 0 Å². The van der Waals surface area contributed by atoms with Crippen LogP contribution in [0.15, 0.2) is 124 Å². The number of furan rings is 2. The van der Waals surface area contributed by atoms with E-state index in [-0.39, 0.29) is 0 Å². The first kappa shape index (κ1) is 20.8. The number of nitrogens with zero attached hydrogens (tertiary/aromatic N) is 1. The van der Waals surface area contributed by atoms with Gasteiger partial charge < -0.3 is 8.83 Å². The second-order valence-electron chi connectivity index (χ2n) is 9.60. The summed E-state index contributed by atoms with van der Waals surface area (Å²) in [4.78, 5) is 0. The maximum Gasteiger partial charge on any atom is 0.147 e. The minimum absolute atomic E-state index is 0.655. The Morgan fingerprint density at radius 1 is 0.474 bits per heavy atom.